The number of halogens is 2. The lowest BCUT2D eigenvalue weighted by molar-refractivity contribution is 0.0988. The molecule has 0 unspecified atom stereocenters. The molecule has 5 heteroatoms. The van der Waals surface area contributed by atoms with Crippen LogP contribution in [-0.4, -0.2) is 17.4 Å². The van der Waals surface area contributed by atoms with Crippen molar-refractivity contribution in [1.29, 1.82) is 0 Å². The average Bonchev–Trinajstić information content (AvgIpc) is 2.44. The number of amides is 1. The number of aromatic nitrogens is 1. The van der Waals surface area contributed by atoms with Gasteiger partial charge in [-0.2, -0.15) is 0 Å². The van der Waals surface area contributed by atoms with Gasteiger partial charge in [-0.1, -0.05) is 40.9 Å². The Balaban J connectivity index is 2.38. The van der Waals surface area contributed by atoms with Crippen LogP contribution >= 0.6 is 23.2 Å². The molecule has 0 fully saturated rings. The summed E-state index contributed by atoms with van der Waals surface area (Å²) in [6.45, 7) is 4.45. The summed E-state index contributed by atoms with van der Waals surface area (Å²) in [6, 6.07) is 9.24. The standard InChI is InChI=1S/C15H14Cl2N2O/c1-3-19(11-6-4-10(2)5-7-11)15(20)12-8-14(17)18-9-13(12)16/h4-9H,3H2,1-2H3. The molecule has 2 aromatic rings. The van der Waals surface area contributed by atoms with Gasteiger partial charge in [0.15, 0.2) is 0 Å². The summed E-state index contributed by atoms with van der Waals surface area (Å²) in [4.78, 5) is 18.1. The van der Waals surface area contributed by atoms with Crippen LogP contribution in [0.15, 0.2) is 36.5 Å². The number of pyridine rings is 1. The van der Waals surface area contributed by atoms with Gasteiger partial charge in [0.25, 0.3) is 5.91 Å². The minimum Gasteiger partial charge on any atom is -0.309 e. The third-order valence-corrected chi connectivity index (χ3v) is 3.47. The zero-order valence-electron chi connectivity index (χ0n) is 11.2. The van der Waals surface area contributed by atoms with E-state index in [-0.39, 0.29) is 11.1 Å². The van der Waals surface area contributed by atoms with Crippen molar-refractivity contribution >= 4 is 34.8 Å². The topological polar surface area (TPSA) is 33.2 Å². The van der Waals surface area contributed by atoms with Crippen molar-refractivity contribution in [3.05, 3.63) is 57.8 Å². The van der Waals surface area contributed by atoms with E-state index in [2.05, 4.69) is 4.98 Å². The fraction of sp³-hybridized carbons (Fsp3) is 0.200. The Morgan fingerprint density at radius 1 is 1.25 bits per heavy atom. The second-order valence-corrected chi connectivity index (χ2v) is 5.17. The van der Waals surface area contributed by atoms with E-state index in [0.717, 1.165) is 11.3 Å². The molecule has 3 nitrogen and oxygen atoms in total. The Morgan fingerprint density at radius 2 is 1.90 bits per heavy atom. The SMILES string of the molecule is CCN(C(=O)c1cc(Cl)ncc1Cl)c1ccc(C)cc1. The number of rotatable bonds is 3. The van der Waals surface area contributed by atoms with E-state index in [4.69, 9.17) is 23.2 Å². The maximum atomic E-state index is 12.6. The molecule has 0 radical (unpaired) electrons. The van der Waals surface area contributed by atoms with Crippen molar-refractivity contribution in [2.75, 3.05) is 11.4 Å². The summed E-state index contributed by atoms with van der Waals surface area (Å²) in [5.74, 6) is -0.189. The van der Waals surface area contributed by atoms with Gasteiger partial charge >= 0.3 is 0 Å². The molecule has 104 valence electrons. The van der Waals surface area contributed by atoms with E-state index in [1.165, 1.54) is 12.3 Å². The summed E-state index contributed by atoms with van der Waals surface area (Å²) >= 11 is 11.9. The zero-order valence-corrected chi connectivity index (χ0v) is 12.7. The summed E-state index contributed by atoms with van der Waals surface area (Å²) in [5.41, 5.74) is 2.32. The van der Waals surface area contributed by atoms with Crippen molar-refractivity contribution < 1.29 is 4.79 Å². The lowest BCUT2D eigenvalue weighted by Crippen LogP contribution is -2.30. The fourth-order valence-corrected chi connectivity index (χ4v) is 2.23. The highest BCUT2D eigenvalue weighted by Gasteiger charge is 2.19. The number of carbonyl (C=O) groups excluding carboxylic acids is 1. The van der Waals surface area contributed by atoms with Gasteiger partial charge in [-0.15, -0.1) is 0 Å². The highest BCUT2D eigenvalue weighted by molar-refractivity contribution is 6.35. The molecule has 0 atom stereocenters. The number of hydrogen-bond donors (Lipinski definition) is 0. The molecular formula is C15H14Cl2N2O. The second-order valence-electron chi connectivity index (χ2n) is 4.37. The van der Waals surface area contributed by atoms with Crippen molar-refractivity contribution in [3.63, 3.8) is 0 Å². The Hall–Kier alpha value is -1.58. The van der Waals surface area contributed by atoms with Crippen LogP contribution in [-0.2, 0) is 0 Å². The summed E-state index contributed by atoms with van der Waals surface area (Å²) in [7, 11) is 0. The van der Waals surface area contributed by atoms with E-state index in [1.807, 2.05) is 38.1 Å². The maximum Gasteiger partial charge on any atom is 0.259 e. The predicted octanol–water partition coefficient (Wildman–Crippen LogP) is 4.36. The van der Waals surface area contributed by atoms with Gasteiger partial charge in [0, 0.05) is 18.4 Å². The normalized spacial score (nSPS) is 10.4. The third kappa shape index (κ3) is 3.11. The van der Waals surface area contributed by atoms with Gasteiger partial charge in [0.2, 0.25) is 0 Å². The van der Waals surface area contributed by atoms with E-state index in [0.29, 0.717) is 17.1 Å². The minimum absolute atomic E-state index is 0.189. The first-order chi connectivity index (χ1) is 9.52. The van der Waals surface area contributed by atoms with Gasteiger partial charge in [0.05, 0.1) is 10.6 Å². The van der Waals surface area contributed by atoms with Gasteiger partial charge in [-0.25, -0.2) is 4.98 Å². The zero-order chi connectivity index (χ0) is 14.7. The third-order valence-electron chi connectivity index (χ3n) is 2.96. The Labute approximate surface area is 128 Å². The molecular weight excluding hydrogens is 295 g/mol. The number of benzene rings is 1. The minimum atomic E-state index is -0.189. The molecule has 1 aromatic carbocycles. The molecule has 0 bridgehead atoms. The van der Waals surface area contributed by atoms with E-state index < -0.39 is 0 Å². The molecule has 0 N–H and O–H groups in total. The number of nitrogens with zero attached hydrogens (tertiary/aromatic N) is 2. The fourth-order valence-electron chi connectivity index (χ4n) is 1.89. The van der Waals surface area contributed by atoms with Crippen LogP contribution in [0.2, 0.25) is 10.2 Å². The molecule has 0 aliphatic rings. The highest BCUT2D eigenvalue weighted by Crippen LogP contribution is 2.23. The van der Waals surface area contributed by atoms with Gasteiger partial charge in [0.1, 0.15) is 5.15 Å². The van der Waals surface area contributed by atoms with Crippen LogP contribution in [0.1, 0.15) is 22.8 Å². The van der Waals surface area contributed by atoms with E-state index in [9.17, 15) is 4.79 Å². The van der Waals surface area contributed by atoms with Crippen molar-refractivity contribution in [3.8, 4) is 0 Å². The first-order valence-corrected chi connectivity index (χ1v) is 6.98. The molecule has 0 spiro atoms. The quantitative estimate of drug-likeness (QED) is 0.789. The van der Waals surface area contributed by atoms with Crippen LogP contribution in [0.5, 0.6) is 0 Å². The van der Waals surface area contributed by atoms with Crippen LogP contribution < -0.4 is 4.90 Å². The second kappa shape index (κ2) is 6.25. The van der Waals surface area contributed by atoms with E-state index in [1.54, 1.807) is 4.90 Å². The van der Waals surface area contributed by atoms with Crippen molar-refractivity contribution in [2.45, 2.75) is 13.8 Å². The average molecular weight is 309 g/mol. The molecule has 0 aliphatic heterocycles. The van der Waals surface area contributed by atoms with Crippen molar-refractivity contribution in [2.24, 2.45) is 0 Å². The van der Waals surface area contributed by atoms with Crippen LogP contribution in [0.4, 0.5) is 5.69 Å². The lowest BCUT2D eigenvalue weighted by Gasteiger charge is -2.21. The first kappa shape index (κ1) is 14.8. The summed E-state index contributed by atoms with van der Waals surface area (Å²) < 4.78 is 0. The molecule has 0 aliphatic carbocycles. The first-order valence-electron chi connectivity index (χ1n) is 6.22. The maximum absolute atomic E-state index is 12.6. The highest BCUT2D eigenvalue weighted by atomic mass is 35.5. The number of carbonyl (C=O) groups is 1. The van der Waals surface area contributed by atoms with Crippen LogP contribution in [0.25, 0.3) is 0 Å². The number of anilines is 1. The number of aryl methyl sites for hydroxylation is 1. The van der Waals surface area contributed by atoms with Gasteiger partial charge < -0.3 is 4.90 Å². The molecule has 0 saturated heterocycles. The van der Waals surface area contributed by atoms with Crippen LogP contribution in [0, 0.1) is 6.92 Å². The molecule has 1 aromatic heterocycles. The summed E-state index contributed by atoms with van der Waals surface area (Å²) in [6.07, 6.45) is 1.39. The Morgan fingerprint density at radius 3 is 2.50 bits per heavy atom. The van der Waals surface area contributed by atoms with Gasteiger partial charge in [-0.3, -0.25) is 4.79 Å². The Bertz CT molecular complexity index is 626. The van der Waals surface area contributed by atoms with Crippen LogP contribution in [0.3, 0.4) is 0 Å². The van der Waals surface area contributed by atoms with E-state index >= 15 is 0 Å². The Kier molecular flexibility index (Phi) is 4.63. The number of hydrogen-bond acceptors (Lipinski definition) is 2. The largest absolute Gasteiger partial charge is 0.309 e. The summed E-state index contributed by atoms with van der Waals surface area (Å²) in [5, 5.41) is 0.544. The molecule has 1 amide bonds. The molecule has 0 saturated carbocycles. The smallest absolute Gasteiger partial charge is 0.259 e. The molecule has 1 heterocycles. The van der Waals surface area contributed by atoms with Gasteiger partial charge in [-0.05, 0) is 32.0 Å². The predicted molar refractivity (Wildman–Crippen MR) is 82.8 cm³/mol. The molecule has 20 heavy (non-hydrogen) atoms. The lowest BCUT2D eigenvalue weighted by atomic mass is 10.2. The van der Waals surface area contributed by atoms with Crippen molar-refractivity contribution in [1.82, 2.24) is 4.98 Å². The molecule has 2 rings (SSSR count). The monoisotopic (exact) mass is 308 g/mol.